The van der Waals surface area contributed by atoms with Crippen molar-refractivity contribution in [3.05, 3.63) is 41.5 Å². The van der Waals surface area contributed by atoms with Crippen LogP contribution in [0.25, 0.3) is 5.03 Å². The zero-order chi connectivity index (χ0) is 12.8. The first kappa shape index (κ1) is 13.1. The normalized spacial score (nSPS) is 28.5. The molecule has 0 aromatic heterocycles. The van der Waals surface area contributed by atoms with Gasteiger partial charge < -0.3 is 14.9 Å². The number of alkyl halides is 1. The molecular weight excluding hydrogens is 286 g/mol. The van der Waals surface area contributed by atoms with Crippen LogP contribution in [0.1, 0.15) is 11.1 Å². The highest BCUT2D eigenvalue weighted by atomic mass is 35.5. The lowest BCUT2D eigenvalue weighted by Crippen LogP contribution is -2.37. The van der Waals surface area contributed by atoms with Gasteiger partial charge in [0.05, 0.1) is 5.38 Å². The summed E-state index contributed by atoms with van der Waals surface area (Å²) in [6.45, 7) is 0. The molecule has 4 nitrogen and oxygen atoms in total. The van der Waals surface area contributed by atoms with E-state index >= 15 is 0 Å². The summed E-state index contributed by atoms with van der Waals surface area (Å²) in [4.78, 5) is 18.6. The van der Waals surface area contributed by atoms with Gasteiger partial charge in [0, 0.05) is 10.6 Å². The summed E-state index contributed by atoms with van der Waals surface area (Å²) in [6, 6.07) is 6.18. The fourth-order valence-electron chi connectivity index (χ4n) is 1.81. The molecule has 17 heavy (non-hydrogen) atoms. The maximum absolute atomic E-state index is 11.5. The van der Waals surface area contributed by atoms with Crippen molar-refractivity contribution in [1.82, 2.24) is 0 Å². The van der Waals surface area contributed by atoms with E-state index in [1.54, 1.807) is 18.2 Å². The second-order valence-electron chi connectivity index (χ2n) is 3.73. The van der Waals surface area contributed by atoms with Gasteiger partial charge >= 0.3 is 7.60 Å². The van der Waals surface area contributed by atoms with Crippen LogP contribution in [0.2, 0.25) is 0 Å². The van der Waals surface area contributed by atoms with Gasteiger partial charge in [-0.25, -0.2) is 0 Å². The molecule has 3 N–H and O–H groups in total. The van der Waals surface area contributed by atoms with Gasteiger partial charge in [-0.15, -0.1) is 11.6 Å². The van der Waals surface area contributed by atoms with Crippen LogP contribution in [0.5, 0.6) is 0 Å². The van der Waals surface area contributed by atoms with E-state index < -0.39 is 18.3 Å². The number of hydrogen-bond donors (Lipinski definition) is 3. The standard InChI is InChI=1S/C10H9Cl2O4P/c11-8-5-9(12)10(13,17(14,15)16)7-4-2-1-3-6(7)8/h1-5,9,13H,(H2,14,15,16). The molecule has 0 radical (unpaired) electrons. The summed E-state index contributed by atoms with van der Waals surface area (Å²) in [7, 11) is -4.85. The molecule has 0 amide bonds. The zero-order valence-corrected chi connectivity index (χ0v) is 10.8. The van der Waals surface area contributed by atoms with Crippen molar-refractivity contribution in [1.29, 1.82) is 0 Å². The summed E-state index contributed by atoms with van der Waals surface area (Å²) >= 11 is 11.8. The molecule has 92 valence electrons. The van der Waals surface area contributed by atoms with E-state index in [1.807, 2.05) is 0 Å². The molecule has 0 spiro atoms. The minimum absolute atomic E-state index is 0.0424. The first-order chi connectivity index (χ1) is 7.78. The molecule has 1 aromatic carbocycles. The summed E-state index contributed by atoms with van der Waals surface area (Å²) in [6.07, 6.45) is 1.23. The van der Waals surface area contributed by atoms with E-state index in [4.69, 9.17) is 23.2 Å². The monoisotopic (exact) mass is 294 g/mol. The first-order valence-corrected chi connectivity index (χ1v) is 7.10. The van der Waals surface area contributed by atoms with Gasteiger partial charge in [0.1, 0.15) is 0 Å². The minimum Gasteiger partial charge on any atom is -0.372 e. The third kappa shape index (κ3) is 1.85. The van der Waals surface area contributed by atoms with Crippen molar-refractivity contribution in [2.24, 2.45) is 0 Å². The van der Waals surface area contributed by atoms with Crippen LogP contribution < -0.4 is 0 Å². The lowest BCUT2D eigenvalue weighted by Gasteiger charge is -2.36. The summed E-state index contributed by atoms with van der Waals surface area (Å²) in [5.41, 5.74) is 0.415. The van der Waals surface area contributed by atoms with Gasteiger partial charge in [-0.1, -0.05) is 35.9 Å². The second kappa shape index (κ2) is 4.09. The van der Waals surface area contributed by atoms with Crippen molar-refractivity contribution in [2.75, 3.05) is 0 Å². The van der Waals surface area contributed by atoms with E-state index in [-0.39, 0.29) is 10.6 Å². The molecule has 1 aliphatic rings. The van der Waals surface area contributed by atoms with Gasteiger partial charge in [-0.3, -0.25) is 4.57 Å². The molecule has 2 atom stereocenters. The SMILES string of the molecule is O=P(O)(O)C1(O)c2ccccc2C(Cl)=CC1Cl. The summed E-state index contributed by atoms with van der Waals surface area (Å²) < 4.78 is 11.5. The largest absolute Gasteiger partial charge is 0.372 e. The van der Waals surface area contributed by atoms with Crippen LogP contribution in [0.15, 0.2) is 30.3 Å². The third-order valence-electron chi connectivity index (χ3n) is 2.70. The molecule has 0 aliphatic heterocycles. The Morgan fingerprint density at radius 3 is 2.47 bits per heavy atom. The topological polar surface area (TPSA) is 77.8 Å². The third-order valence-corrected chi connectivity index (χ3v) is 5.03. The van der Waals surface area contributed by atoms with Crippen LogP contribution >= 0.6 is 30.8 Å². The smallest absolute Gasteiger partial charge is 0.363 e. The van der Waals surface area contributed by atoms with Crippen LogP contribution in [0.4, 0.5) is 0 Å². The van der Waals surface area contributed by atoms with E-state index in [9.17, 15) is 19.5 Å². The Bertz CT molecular complexity index is 539. The molecule has 7 heteroatoms. The zero-order valence-electron chi connectivity index (χ0n) is 8.42. The van der Waals surface area contributed by atoms with Crippen molar-refractivity contribution >= 4 is 35.8 Å². The molecule has 0 saturated carbocycles. The first-order valence-electron chi connectivity index (χ1n) is 4.68. The number of halogens is 2. The van der Waals surface area contributed by atoms with E-state index in [0.717, 1.165) is 0 Å². The Hall–Kier alpha value is -0.350. The van der Waals surface area contributed by atoms with Crippen molar-refractivity contribution < 1.29 is 19.5 Å². The van der Waals surface area contributed by atoms with Crippen LogP contribution in [-0.2, 0) is 9.91 Å². The quantitative estimate of drug-likeness (QED) is 0.548. The van der Waals surface area contributed by atoms with E-state index in [2.05, 4.69) is 0 Å². The number of aliphatic hydroxyl groups is 1. The number of fused-ring (bicyclic) bond motifs is 1. The predicted octanol–water partition coefficient (Wildman–Crippen LogP) is 2.21. The number of rotatable bonds is 1. The van der Waals surface area contributed by atoms with Gasteiger partial charge in [0.15, 0.2) is 0 Å². The summed E-state index contributed by atoms with van der Waals surface area (Å²) in [5.74, 6) is 0. The summed E-state index contributed by atoms with van der Waals surface area (Å²) in [5, 5.41) is 6.78. The Balaban J connectivity index is 2.76. The molecule has 2 rings (SSSR count). The van der Waals surface area contributed by atoms with Gasteiger partial charge in [0.2, 0.25) is 5.34 Å². The lowest BCUT2D eigenvalue weighted by molar-refractivity contribution is 0.0941. The average molecular weight is 295 g/mol. The molecule has 2 unspecified atom stereocenters. The minimum atomic E-state index is -4.85. The Morgan fingerprint density at radius 1 is 1.29 bits per heavy atom. The highest BCUT2D eigenvalue weighted by Gasteiger charge is 2.54. The van der Waals surface area contributed by atoms with Crippen molar-refractivity contribution in [3.63, 3.8) is 0 Å². The maximum Gasteiger partial charge on any atom is 0.363 e. The van der Waals surface area contributed by atoms with Gasteiger partial charge in [-0.2, -0.15) is 0 Å². The second-order valence-corrected chi connectivity index (χ2v) is 6.38. The fraction of sp³-hybridized carbons (Fsp3) is 0.200. The van der Waals surface area contributed by atoms with Crippen LogP contribution in [-0.4, -0.2) is 20.3 Å². The van der Waals surface area contributed by atoms with Crippen LogP contribution in [0.3, 0.4) is 0 Å². The predicted molar refractivity (Wildman–Crippen MR) is 65.9 cm³/mol. The molecule has 1 aliphatic carbocycles. The highest BCUT2D eigenvalue weighted by molar-refractivity contribution is 7.53. The molecule has 0 fully saturated rings. The Morgan fingerprint density at radius 2 is 1.88 bits per heavy atom. The average Bonchev–Trinajstić information content (AvgIpc) is 2.24. The van der Waals surface area contributed by atoms with Gasteiger partial charge in [-0.05, 0) is 11.6 Å². The molecule has 1 aromatic rings. The Kier molecular flexibility index (Phi) is 3.15. The van der Waals surface area contributed by atoms with Crippen LogP contribution in [0, 0.1) is 0 Å². The van der Waals surface area contributed by atoms with E-state index in [0.29, 0.717) is 5.56 Å². The van der Waals surface area contributed by atoms with Crippen molar-refractivity contribution in [2.45, 2.75) is 10.7 Å². The Labute approximate surface area is 108 Å². The van der Waals surface area contributed by atoms with Crippen molar-refractivity contribution in [3.8, 4) is 0 Å². The molecular formula is C10H9Cl2O4P. The molecule has 0 heterocycles. The van der Waals surface area contributed by atoms with E-state index in [1.165, 1.54) is 12.1 Å². The van der Waals surface area contributed by atoms with Gasteiger partial charge in [0.25, 0.3) is 0 Å². The number of benzene rings is 1. The molecule has 0 saturated heterocycles. The highest BCUT2D eigenvalue weighted by Crippen LogP contribution is 2.61. The molecule has 0 bridgehead atoms. The lowest BCUT2D eigenvalue weighted by atomic mass is 9.94. The number of hydrogen-bond acceptors (Lipinski definition) is 2. The fourth-order valence-corrected chi connectivity index (χ4v) is 3.70. The maximum atomic E-state index is 11.5.